The van der Waals surface area contributed by atoms with Gasteiger partial charge in [-0.2, -0.15) is 0 Å². The smallest absolute Gasteiger partial charge is 0.156 e. The Balaban J connectivity index is 2.43. The van der Waals surface area contributed by atoms with Gasteiger partial charge in [-0.15, -0.1) is 0 Å². The molecule has 0 bridgehead atoms. The van der Waals surface area contributed by atoms with Crippen molar-refractivity contribution in [2.24, 2.45) is 11.7 Å². The SMILES string of the molecule is C[C@H](N)C(=O)C1C=CC1. The van der Waals surface area contributed by atoms with Gasteiger partial charge in [0.25, 0.3) is 0 Å². The quantitative estimate of drug-likeness (QED) is 0.545. The summed E-state index contributed by atoms with van der Waals surface area (Å²) in [6.07, 6.45) is 4.79. The lowest BCUT2D eigenvalue weighted by atomic mass is 9.88. The first-order chi connectivity index (χ1) is 4.22. The zero-order valence-electron chi connectivity index (χ0n) is 5.50. The van der Waals surface area contributed by atoms with Crippen LogP contribution in [0.3, 0.4) is 0 Å². The van der Waals surface area contributed by atoms with E-state index >= 15 is 0 Å². The normalized spacial score (nSPS) is 27.1. The predicted octanol–water partition coefficient (Wildman–Crippen LogP) is 0.479. The molecule has 0 amide bonds. The van der Waals surface area contributed by atoms with Crippen molar-refractivity contribution < 1.29 is 4.79 Å². The maximum Gasteiger partial charge on any atom is 0.156 e. The van der Waals surface area contributed by atoms with Crippen LogP contribution in [-0.4, -0.2) is 11.8 Å². The summed E-state index contributed by atoms with van der Waals surface area (Å²) in [5.41, 5.74) is 5.36. The van der Waals surface area contributed by atoms with Crippen LogP contribution in [0, 0.1) is 5.92 Å². The molecule has 0 saturated carbocycles. The van der Waals surface area contributed by atoms with E-state index in [1.54, 1.807) is 6.92 Å². The summed E-state index contributed by atoms with van der Waals surface area (Å²) < 4.78 is 0. The van der Waals surface area contributed by atoms with Gasteiger partial charge in [-0.25, -0.2) is 0 Å². The number of carbonyl (C=O) groups is 1. The average molecular weight is 125 g/mol. The molecular formula is C7H11NO. The Morgan fingerprint density at radius 1 is 1.89 bits per heavy atom. The molecule has 0 spiro atoms. The molecule has 0 aromatic heterocycles. The largest absolute Gasteiger partial charge is 0.322 e. The lowest BCUT2D eigenvalue weighted by molar-refractivity contribution is -0.122. The Labute approximate surface area is 54.7 Å². The van der Waals surface area contributed by atoms with Crippen LogP contribution in [0.5, 0.6) is 0 Å². The topological polar surface area (TPSA) is 43.1 Å². The number of carbonyl (C=O) groups excluding carboxylic acids is 1. The minimum Gasteiger partial charge on any atom is -0.322 e. The predicted molar refractivity (Wildman–Crippen MR) is 35.9 cm³/mol. The van der Waals surface area contributed by atoms with E-state index in [0.29, 0.717) is 0 Å². The summed E-state index contributed by atoms with van der Waals surface area (Å²) in [4.78, 5) is 10.9. The summed E-state index contributed by atoms with van der Waals surface area (Å²) >= 11 is 0. The fourth-order valence-electron chi connectivity index (χ4n) is 0.821. The first kappa shape index (κ1) is 6.49. The molecule has 2 nitrogen and oxygen atoms in total. The number of ketones is 1. The van der Waals surface area contributed by atoms with Crippen LogP contribution in [0.4, 0.5) is 0 Å². The Morgan fingerprint density at radius 2 is 2.44 bits per heavy atom. The van der Waals surface area contributed by atoms with Crippen molar-refractivity contribution in [3.8, 4) is 0 Å². The molecule has 0 saturated heterocycles. The molecule has 2 atom stereocenters. The van der Waals surface area contributed by atoms with Crippen LogP contribution in [0.1, 0.15) is 13.3 Å². The van der Waals surface area contributed by atoms with Crippen LogP contribution >= 0.6 is 0 Å². The molecule has 1 aliphatic rings. The van der Waals surface area contributed by atoms with Crippen LogP contribution in [0.15, 0.2) is 12.2 Å². The fraction of sp³-hybridized carbons (Fsp3) is 0.571. The van der Waals surface area contributed by atoms with E-state index in [4.69, 9.17) is 5.73 Å². The molecule has 1 aliphatic carbocycles. The number of hydrogen-bond donors (Lipinski definition) is 1. The highest BCUT2D eigenvalue weighted by atomic mass is 16.1. The zero-order chi connectivity index (χ0) is 6.85. The summed E-state index contributed by atoms with van der Waals surface area (Å²) in [6, 6.07) is -0.292. The number of hydrogen-bond acceptors (Lipinski definition) is 2. The number of allylic oxidation sites excluding steroid dienone is 2. The van der Waals surface area contributed by atoms with Crippen molar-refractivity contribution in [2.75, 3.05) is 0 Å². The van der Waals surface area contributed by atoms with E-state index in [9.17, 15) is 4.79 Å². The highest BCUT2D eigenvalue weighted by Crippen LogP contribution is 2.18. The van der Waals surface area contributed by atoms with Crippen LogP contribution in [0.2, 0.25) is 0 Å². The van der Waals surface area contributed by atoms with E-state index in [-0.39, 0.29) is 17.7 Å². The second kappa shape index (κ2) is 2.31. The molecule has 2 N–H and O–H groups in total. The monoisotopic (exact) mass is 125 g/mol. The lowest BCUT2D eigenvalue weighted by Gasteiger charge is -2.17. The molecular weight excluding hydrogens is 114 g/mol. The van der Waals surface area contributed by atoms with Crippen molar-refractivity contribution in [2.45, 2.75) is 19.4 Å². The Morgan fingerprint density at radius 3 is 2.56 bits per heavy atom. The van der Waals surface area contributed by atoms with Crippen molar-refractivity contribution in [3.05, 3.63) is 12.2 Å². The third kappa shape index (κ3) is 1.19. The van der Waals surface area contributed by atoms with Gasteiger partial charge in [0.2, 0.25) is 0 Å². The molecule has 1 unspecified atom stereocenters. The highest BCUT2D eigenvalue weighted by Gasteiger charge is 2.21. The molecule has 0 aromatic rings. The fourth-order valence-corrected chi connectivity index (χ4v) is 0.821. The summed E-state index contributed by atoms with van der Waals surface area (Å²) in [5, 5.41) is 0. The second-order valence-corrected chi connectivity index (χ2v) is 2.46. The number of nitrogens with two attached hydrogens (primary N) is 1. The van der Waals surface area contributed by atoms with Gasteiger partial charge in [-0.05, 0) is 13.3 Å². The van der Waals surface area contributed by atoms with Gasteiger partial charge in [-0.3, -0.25) is 4.79 Å². The molecule has 50 valence electrons. The Kier molecular flexibility index (Phi) is 1.67. The van der Waals surface area contributed by atoms with Crippen molar-refractivity contribution in [1.29, 1.82) is 0 Å². The maximum atomic E-state index is 10.9. The molecule has 0 fully saturated rings. The van der Waals surface area contributed by atoms with Crippen molar-refractivity contribution >= 4 is 5.78 Å². The molecule has 0 aromatic carbocycles. The molecule has 9 heavy (non-hydrogen) atoms. The number of rotatable bonds is 2. The van der Waals surface area contributed by atoms with Gasteiger partial charge < -0.3 is 5.73 Å². The van der Waals surface area contributed by atoms with Gasteiger partial charge in [0.1, 0.15) is 0 Å². The van der Waals surface area contributed by atoms with Crippen LogP contribution < -0.4 is 5.73 Å². The van der Waals surface area contributed by atoms with Gasteiger partial charge >= 0.3 is 0 Å². The average Bonchev–Trinajstić information content (AvgIpc) is 1.60. The minimum absolute atomic E-state index is 0.130. The van der Waals surface area contributed by atoms with Gasteiger partial charge in [-0.1, -0.05) is 12.2 Å². The minimum atomic E-state index is -0.292. The molecule has 0 aliphatic heterocycles. The van der Waals surface area contributed by atoms with Crippen LogP contribution in [-0.2, 0) is 4.79 Å². The summed E-state index contributed by atoms with van der Waals surface area (Å²) in [5.74, 6) is 0.294. The third-order valence-electron chi connectivity index (χ3n) is 1.57. The van der Waals surface area contributed by atoms with Gasteiger partial charge in [0, 0.05) is 5.92 Å². The molecule has 2 heteroatoms. The van der Waals surface area contributed by atoms with Gasteiger partial charge in [0.05, 0.1) is 6.04 Å². The van der Waals surface area contributed by atoms with Gasteiger partial charge in [0.15, 0.2) is 5.78 Å². The molecule has 0 radical (unpaired) electrons. The van der Waals surface area contributed by atoms with Crippen molar-refractivity contribution in [3.63, 3.8) is 0 Å². The standard InChI is InChI=1S/C7H11NO/c1-5(8)7(9)6-3-2-4-6/h2-3,5-6H,4,8H2,1H3/t5-,6?/m0/s1. The zero-order valence-corrected chi connectivity index (χ0v) is 5.50. The first-order valence-electron chi connectivity index (χ1n) is 3.18. The van der Waals surface area contributed by atoms with Crippen LogP contribution in [0.25, 0.3) is 0 Å². The van der Waals surface area contributed by atoms with Crippen molar-refractivity contribution in [1.82, 2.24) is 0 Å². The van der Waals surface area contributed by atoms with E-state index in [1.807, 2.05) is 12.2 Å². The molecule has 0 heterocycles. The Hall–Kier alpha value is -0.630. The Bertz CT molecular complexity index is 149. The third-order valence-corrected chi connectivity index (χ3v) is 1.57. The van der Waals surface area contributed by atoms with E-state index in [0.717, 1.165) is 6.42 Å². The lowest BCUT2D eigenvalue weighted by Crippen LogP contribution is -2.33. The van der Waals surface area contributed by atoms with E-state index < -0.39 is 0 Å². The van der Waals surface area contributed by atoms with E-state index in [1.165, 1.54) is 0 Å². The van der Waals surface area contributed by atoms with E-state index in [2.05, 4.69) is 0 Å². The maximum absolute atomic E-state index is 10.9. The summed E-state index contributed by atoms with van der Waals surface area (Å²) in [6.45, 7) is 1.73. The number of Topliss-reactive ketones (excluding diaryl/α,β-unsaturated/α-hetero) is 1. The molecule has 1 rings (SSSR count). The first-order valence-corrected chi connectivity index (χ1v) is 3.18. The second-order valence-electron chi connectivity index (χ2n) is 2.46. The highest BCUT2D eigenvalue weighted by molar-refractivity contribution is 5.88. The summed E-state index contributed by atoms with van der Waals surface area (Å²) in [7, 11) is 0.